The molecule has 0 radical (unpaired) electrons. The van der Waals surface area contributed by atoms with E-state index in [9.17, 15) is 0 Å². The summed E-state index contributed by atoms with van der Waals surface area (Å²) in [6.45, 7) is 7.90. The third kappa shape index (κ3) is 2.97. The van der Waals surface area contributed by atoms with Gasteiger partial charge < -0.3 is 5.32 Å². The first kappa shape index (κ1) is 11.4. The van der Waals surface area contributed by atoms with Crippen LogP contribution in [0.25, 0.3) is 0 Å². The third-order valence-electron chi connectivity index (χ3n) is 3.58. The molecule has 0 saturated heterocycles. The number of hydrogen-bond donors (Lipinski definition) is 1. The van der Waals surface area contributed by atoms with Crippen molar-refractivity contribution in [3.05, 3.63) is 24.0 Å². The van der Waals surface area contributed by atoms with E-state index in [2.05, 4.69) is 37.1 Å². The summed E-state index contributed by atoms with van der Waals surface area (Å²) >= 11 is 0. The Hall–Kier alpha value is -1.05. The van der Waals surface area contributed by atoms with Gasteiger partial charge in [-0.25, -0.2) is 0 Å². The first-order valence-electron chi connectivity index (χ1n) is 6.35. The van der Waals surface area contributed by atoms with Crippen molar-refractivity contribution in [2.75, 3.05) is 11.9 Å². The molecule has 1 atom stereocenters. The molecule has 0 bridgehead atoms. The molecule has 1 fully saturated rings. The van der Waals surface area contributed by atoms with Crippen LogP contribution < -0.4 is 5.32 Å². The Kier molecular flexibility index (Phi) is 3.47. The second kappa shape index (κ2) is 4.86. The van der Waals surface area contributed by atoms with Crippen LogP contribution in [0.2, 0.25) is 0 Å². The minimum Gasteiger partial charge on any atom is -0.384 e. The molecular weight excluding hydrogens is 196 g/mol. The Labute approximate surface area is 98.5 Å². The lowest BCUT2D eigenvalue weighted by atomic mass is 9.91. The fourth-order valence-electron chi connectivity index (χ4n) is 1.77. The highest BCUT2D eigenvalue weighted by Gasteiger charge is 2.20. The van der Waals surface area contributed by atoms with Crippen molar-refractivity contribution in [2.45, 2.75) is 39.5 Å². The fraction of sp³-hybridized carbons (Fsp3) is 0.643. The van der Waals surface area contributed by atoms with Gasteiger partial charge in [0, 0.05) is 18.9 Å². The largest absolute Gasteiger partial charge is 0.384 e. The first-order chi connectivity index (χ1) is 7.66. The molecule has 16 heavy (non-hydrogen) atoms. The predicted molar refractivity (Wildman–Crippen MR) is 68.7 cm³/mol. The van der Waals surface area contributed by atoms with Crippen LogP contribution in [-0.4, -0.2) is 11.5 Å². The Morgan fingerprint density at radius 1 is 1.31 bits per heavy atom. The zero-order valence-electron chi connectivity index (χ0n) is 10.5. The number of pyridine rings is 1. The predicted octanol–water partition coefficient (Wildman–Crippen LogP) is 3.66. The number of nitrogens with zero attached hydrogens (tertiary/aromatic N) is 1. The van der Waals surface area contributed by atoms with Crippen LogP contribution in [0.5, 0.6) is 0 Å². The van der Waals surface area contributed by atoms with Crippen LogP contribution in [-0.2, 0) is 0 Å². The molecule has 0 spiro atoms. The van der Waals surface area contributed by atoms with E-state index in [1.165, 1.54) is 24.1 Å². The van der Waals surface area contributed by atoms with Gasteiger partial charge in [-0.15, -0.1) is 0 Å². The quantitative estimate of drug-likeness (QED) is 0.815. The molecule has 1 aliphatic carbocycles. The summed E-state index contributed by atoms with van der Waals surface area (Å²) in [4.78, 5) is 4.32. The van der Waals surface area contributed by atoms with E-state index in [0.29, 0.717) is 11.8 Å². The van der Waals surface area contributed by atoms with Gasteiger partial charge in [0.1, 0.15) is 0 Å². The van der Waals surface area contributed by atoms with Crippen LogP contribution in [0.15, 0.2) is 18.5 Å². The fourth-order valence-corrected chi connectivity index (χ4v) is 1.77. The molecule has 2 rings (SSSR count). The molecule has 1 aromatic heterocycles. The van der Waals surface area contributed by atoms with Gasteiger partial charge in [0.15, 0.2) is 0 Å². The zero-order valence-corrected chi connectivity index (χ0v) is 10.5. The van der Waals surface area contributed by atoms with Gasteiger partial charge in [-0.05, 0) is 42.2 Å². The van der Waals surface area contributed by atoms with Crippen LogP contribution in [0, 0.1) is 11.8 Å². The molecule has 2 nitrogen and oxygen atoms in total. The van der Waals surface area contributed by atoms with Crippen molar-refractivity contribution >= 4 is 5.69 Å². The van der Waals surface area contributed by atoms with Crippen LogP contribution in [0.4, 0.5) is 5.69 Å². The van der Waals surface area contributed by atoms with Crippen molar-refractivity contribution in [1.82, 2.24) is 4.98 Å². The average Bonchev–Trinajstić information content (AvgIpc) is 3.09. The van der Waals surface area contributed by atoms with E-state index in [1.807, 2.05) is 12.4 Å². The van der Waals surface area contributed by atoms with Crippen molar-refractivity contribution < 1.29 is 0 Å². The van der Waals surface area contributed by atoms with E-state index in [0.717, 1.165) is 12.5 Å². The van der Waals surface area contributed by atoms with Gasteiger partial charge in [0.05, 0.1) is 5.69 Å². The molecule has 1 saturated carbocycles. The van der Waals surface area contributed by atoms with E-state index < -0.39 is 0 Å². The number of hydrogen-bond acceptors (Lipinski definition) is 2. The minimum absolute atomic E-state index is 0.579. The number of rotatable bonds is 5. The summed E-state index contributed by atoms with van der Waals surface area (Å²) in [6.07, 6.45) is 6.71. The average molecular weight is 218 g/mol. The standard InChI is InChI=1S/C14H22N2/c1-10(2)11(3)13-6-14(9-15-8-13)16-7-12-4-5-12/h6,8-12,16H,4-5,7H2,1-3H3. The van der Waals surface area contributed by atoms with Crippen LogP contribution in [0.3, 0.4) is 0 Å². The van der Waals surface area contributed by atoms with Gasteiger partial charge >= 0.3 is 0 Å². The highest BCUT2D eigenvalue weighted by molar-refractivity contribution is 5.43. The maximum atomic E-state index is 4.32. The van der Waals surface area contributed by atoms with E-state index in [-0.39, 0.29) is 0 Å². The third-order valence-corrected chi connectivity index (χ3v) is 3.58. The lowest BCUT2D eigenvalue weighted by molar-refractivity contribution is 0.534. The first-order valence-corrected chi connectivity index (χ1v) is 6.35. The highest BCUT2D eigenvalue weighted by Crippen LogP contribution is 2.29. The van der Waals surface area contributed by atoms with E-state index in [4.69, 9.17) is 0 Å². The number of aromatic nitrogens is 1. The normalized spacial score (nSPS) is 17.5. The molecule has 0 aliphatic heterocycles. The molecule has 1 aliphatic rings. The summed E-state index contributed by atoms with van der Waals surface area (Å²) in [5.41, 5.74) is 2.52. The molecule has 88 valence electrons. The number of nitrogens with one attached hydrogen (secondary N) is 1. The van der Waals surface area contributed by atoms with Crippen molar-refractivity contribution in [1.29, 1.82) is 0 Å². The zero-order chi connectivity index (χ0) is 11.5. The SMILES string of the molecule is CC(C)C(C)c1cncc(NCC2CC2)c1. The summed E-state index contributed by atoms with van der Waals surface area (Å²) in [5.74, 6) is 2.15. The smallest absolute Gasteiger partial charge is 0.0529 e. The monoisotopic (exact) mass is 218 g/mol. The number of anilines is 1. The molecule has 0 amide bonds. The summed E-state index contributed by atoms with van der Waals surface area (Å²) < 4.78 is 0. The second-order valence-electron chi connectivity index (χ2n) is 5.36. The van der Waals surface area contributed by atoms with Gasteiger partial charge in [0.25, 0.3) is 0 Å². The van der Waals surface area contributed by atoms with Crippen molar-refractivity contribution in [3.8, 4) is 0 Å². The molecule has 2 heteroatoms. The lowest BCUT2D eigenvalue weighted by Gasteiger charge is -2.16. The van der Waals surface area contributed by atoms with Gasteiger partial charge in [-0.1, -0.05) is 20.8 Å². The van der Waals surface area contributed by atoms with Gasteiger partial charge in [-0.3, -0.25) is 4.98 Å². The van der Waals surface area contributed by atoms with E-state index >= 15 is 0 Å². The van der Waals surface area contributed by atoms with Crippen LogP contribution in [0.1, 0.15) is 45.1 Å². The molecule has 0 aromatic carbocycles. The highest BCUT2D eigenvalue weighted by atomic mass is 14.9. The Morgan fingerprint density at radius 2 is 2.06 bits per heavy atom. The minimum atomic E-state index is 0.579. The lowest BCUT2D eigenvalue weighted by Crippen LogP contribution is -2.06. The molecule has 1 aromatic rings. The Bertz CT molecular complexity index is 342. The molecule has 1 unspecified atom stereocenters. The topological polar surface area (TPSA) is 24.9 Å². The summed E-state index contributed by atoms with van der Waals surface area (Å²) in [6, 6.07) is 2.25. The van der Waals surface area contributed by atoms with Crippen molar-refractivity contribution in [2.24, 2.45) is 11.8 Å². The second-order valence-corrected chi connectivity index (χ2v) is 5.36. The Morgan fingerprint density at radius 3 is 2.69 bits per heavy atom. The summed E-state index contributed by atoms with van der Waals surface area (Å²) in [7, 11) is 0. The maximum Gasteiger partial charge on any atom is 0.0529 e. The molecule has 1 N–H and O–H groups in total. The van der Waals surface area contributed by atoms with E-state index in [1.54, 1.807) is 0 Å². The van der Waals surface area contributed by atoms with Crippen LogP contribution >= 0.6 is 0 Å². The molecular formula is C14H22N2. The Balaban J connectivity index is 1.99. The van der Waals surface area contributed by atoms with Crippen molar-refractivity contribution in [3.63, 3.8) is 0 Å². The summed E-state index contributed by atoms with van der Waals surface area (Å²) in [5, 5.41) is 3.48. The maximum absolute atomic E-state index is 4.32. The van der Waals surface area contributed by atoms with Gasteiger partial charge in [0.2, 0.25) is 0 Å². The van der Waals surface area contributed by atoms with Gasteiger partial charge in [-0.2, -0.15) is 0 Å². The molecule has 1 heterocycles.